The SMILES string of the molecule is CC(=O)c1sc(N2CCSCC2)nc1C(=O)O. The zero-order valence-electron chi connectivity index (χ0n) is 9.30. The van der Waals surface area contributed by atoms with Crippen LogP contribution in [0.3, 0.4) is 0 Å². The van der Waals surface area contributed by atoms with Gasteiger partial charge in [0.05, 0.1) is 0 Å². The van der Waals surface area contributed by atoms with Crippen LogP contribution >= 0.6 is 23.1 Å². The van der Waals surface area contributed by atoms with Gasteiger partial charge in [-0.25, -0.2) is 9.78 Å². The van der Waals surface area contributed by atoms with Crippen LogP contribution in [0.1, 0.15) is 27.1 Å². The molecule has 0 amide bonds. The van der Waals surface area contributed by atoms with Gasteiger partial charge in [0.2, 0.25) is 0 Å². The molecule has 0 aromatic carbocycles. The lowest BCUT2D eigenvalue weighted by Crippen LogP contribution is -2.32. The Morgan fingerprint density at radius 3 is 2.47 bits per heavy atom. The van der Waals surface area contributed by atoms with Crippen molar-refractivity contribution < 1.29 is 14.7 Å². The summed E-state index contributed by atoms with van der Waals surface area (Å²) in [7, 11) is 0. The number of thiazole rings is 1. The second kappa shape index (κ2) is 5.05. The summed E-state index contributed by atoms with van der Waals surface area (Å²) in [5, 5.41) is 9.64. The molecule has 2 rings (SSSR count). The number of thioether (sulfide) groups is 1. The van der Waals surface area contributed by atoms with Crippen molar-refractivity contribution in [2.45, 2.75) is 6.92 Å². The van der Waals surface area contributed by atoms with Crippen molar-refractivity contribution >= 4 is 40.0 Å². The minimum atomic E-state index is -1.14. The Morgan fingerprint density at radius 2 is 2.00 bits per heavy atom. The molecule has 0 aliphatic carbocycles. The fourth-order valence-electron chi connectivity index (χ4n) is 1.58. The summed E-state index contributed by atoms with van der Waals surface area (Å²) >= 11 is 3.05. The summed E-state index contributed by atoms with van der Waals surface area (Å²) in [4.78, 5) is 28.7. The Kier molecular flexibility index (Phi) is 3.68. The lowest BCUT2D eigenvalue weighted by atomic mass is 10.3. The van der Waals surface area contributed by atoms with Crippen molar-refractivity contribution in [1.29, 1.82) is 0 Å². The van der Waals surface area contributed by atoms with Crippen LogP contribution in [0.5, 0.6) is 0 Å². The highest BCUT2D eigenvalue weighted by molar-refractivity contribution is 7.99. The van der Waals surface area contributed by atoms with Crippen LogP contribution in [0.2, 0.25) is 0 Å². The number of hydrogen-bond acceptors (Lipinski definition) is 6. The molecular weight excluding hydrogens is 260 g/mol. The largest absolute Gasteiger partial charge is 0.476 e. The molecule has 1 saturated heterocycles. The van der Waals surface area contributed by atoms with E-state index in [9.17, 15) is 9.59 Å². The number of carbonyl (C=O) groups is 2. The van der Waals surface area contributed by atoms with Crippen molar-refractivity contribution in [3.63, 3.8) is 0 Å². The van der Waals surface area contributed by atoms with Crippen LogP contribution in [0.25, 0.3) is 0 Å². The molecule has 0 spiro atoms. The Balaban J connectivity index is 2.32. The van der Waals surface area contributed by atoms with E-state index in [1.807, 2.05) is 16.7 Å². The molecule has 1 aromatic rings. The number of hydrogen-bond donors (Lipinski definition) is 1. The average Bonchev–Trinajstić information content (AvgIpc) is 2.75. The lowest BCUT2D eigenvalue weighted by Gasteiger charge is -2.25. The zero-order chi connectivity index (χ0) is 12.4. The Labute approximate surface area is 107 Å². The van der Waals surface area contributed by atoms with Gasteiger partial charge in [-0.3, -0.25) is 4.79 Å². The van der Waals surface area contributed by atoms with Crippen LogP contribution in [-0.4, -0.2) is 46.4 Å². The van der Waals surface area contributed by atoms with Gasteiger partial charge in [-0.1, -0.05) is 11.3 Å². The first-order chi connectivity index (χ1) is 8.09. The van der Waals surface area contributed by atoms with E-state index in [4.69, 9.17) is 5.11 Å². The van der Waals surface area contributed by atoms with Gasteiger partial charge >= 0.3 is 5.97 Å². The monoisotopic (exact) mass is 272 g/mol. The first-order valence-electron chi connectivity index (χ1n) is 5.17. The number of aromatic nitrogens is 1. The fourth-order valence-corrected chi connectivity index (χ4v) is 3.49. The highest BCUT2D eigenvalue weighted by Crippen LogP contribution is 2.28. The summed E-state index contributed by atoms with van der Waals surface area (Å²) in [5.41, 5.74) is -0.115. The fraction of sp³-hybridized carbons (Fsp3) is 0.500. The van der Waals surface area contributed by atoms with Gasteiger partial charge in [-0.05, 0) is 0 Å². The number of ketones is 1. The quantitative estimate of drug-likeness (QED) is 0.843. The van der Waals surface area contributed by atoms with Crippen molar-refractivity contribution in [1.82, 2.24) is 4.98 Å². The standard InChI is InChI=1S/C10H12N2O3S2/c1-6(13)8-7(9(14)15)11-10(17-8)12-2-4-16-5-3-12/h2-5H2,1H3,(H,14,15). The van der Waals surface area contributed by atoms with Gasteiger partial charge in [0.25, 0.3) is 0 Å². The van der Waals surface area contributed by atoms with E-state index in [0.717, 1.165) is 24.6 Å². The van der Waals surface area contributed by atoms with Crippen molar-refractivity contribution in [2.75, 3.05) is 29.5 Å². The summed E-state index contributed by atoms with van der Waals surface area (Å²) in [6, 6.07) is 0. The molecule has 0 saturated carbocycles. The van der Waals surface area contributed by atoms with Gasteiger partial charge in [0.15, 0.2) is 16.6 Å². The molecule has 1 N–H and O–H groups in total. The normalized spacial score (nSPS) is 15.9. The maximum absolute atomic E-state index is 11.4. The van der Waals surface area contributed by atoms with Crippen LogP contribution in [-0.2, 0) is 0 Å². The number of anilines is 1. The molecule has 92 valence electrons. The summed E-state index contributed by atoms with van der Waals surface area (Å²) in [6.07, 6.45) is 0. The molecule has 1 fully saturated rings. The molecule has 1 aliphatic rings. The molecule has 5 nitrogen and oxygen atoms in total. The summed E-state index contributed by atoms with van der Waals surface area (Å²) < 4.78 is 0. The molecule has 0 radical (unpaired) electrons. The maximum Gasteiger partial charge on any atom is 0.356 e. The number of aromatic carboxylic acids is 1. The predicted molar refractivity (Wildman–Crippen MR) is 68.6 cm³/mol. The van der Waals surface area contributed by atoms with E-state index in [-0.39, 0.29) is 16.4 Å². The van der Waals surface area contributed by atoms with E-state index in [2.05, 4.69) is 4.98 Å². The second-order valence-electron chi connectivity index (χ2n) is 3.63. The predicted octanol–water partition coefficient (Wildman–Crippen LogP) is 1.60. The summed E-state index contributed by atoms with van der Waals surface area (Å²) in [5.74, 6) is 0.649. The third kappa shape index (κ3) is 2.61. The average molecular weight is 272 g/mol. The third-order valence-electron chi connectivity index (χ3n) is 2.42. The van der Waals surface area contributed by atoms with Crippen LogP contribution in [0.15, 0.2) is 0 Å². The third-order valence-corrected chi connectivity index (χ3v) is 4.58. The van der Waals surface area contributed by atoms with Crippen LogP contribution in [0, 0.1) is 0 Å². The Bertz CT molecular complexity index is 421. The van der Waals surface area contributed by atoms with Gasteiger partial charge in [0.1, 0.15) is 4.88 Å². The second-order valence-corrected chi connectivity index (χ2v) is 5.84. The number of rotatable bonds is 3. The minimum Gasteiger partial charge on any atom is -0.476 e. The molecule has 7 heteroatoms. The topological polar surface area (TPSA) is 70.5 Å². The molecule has 0 unspecified atom stereocenters. The van der Waals surface area contributed by atoms with E-state index in [1.165, 1.54) is 18.3 Å². The minimum absolute atomic E-state index is 0.115. The van der Waals surface area contributed by atoms with E-state index in [0.29, 0.717) is 5.13 Å². The molecule has 1 aromatic heterocycles. The Morgan fingerprint density at radius 1 is 1.35 bits per heavy atom. The number of carbonyl (C=O) groups excluding carboxylic acids is 1. The van der Waals surface area contributed by atoms with Gasteiger partial charge in [-0.2, -0.15) is 11.8 Å². The molecule has 2 heterocycles. The van der Waals surface area contributed by atoms with Gasteiger partial charge in [-0.15, -0.1) is 0 Å². The lowest BCUT2D eigenvalue weighted by molar-refractivity contribution is 0.0687. The first kappa shape index (κ1) is 12.4. The van der Waals surface area contributed by atoms with Gasteiger partial charge < -0.3 is 10.0 Å². The van der Waals surface area contributed by atoms with Crippen molar-refractivity contribution in [3.05, 3.63) is 10.6 Å². The molecule has 0 atom stereocenters. The summed E-state index contributed by atoms with van der Waals surface area (Å²) in [6.45, 7) is 3.08. The molecule has 0 bridgehead atoms. The highest BCUT2D eigenvalue weighted by atomic mass is 32.2. The van der Waals surface area contributed by atoms with E-state index >= 15 is 0 Å². The number of Topliss-reactive ketones (excluding diaryl/α,β-unsaturated/α-hetero) is 1. The molecular formula is C10H12N2O3S2. The van der Waals surface area contributed by atoms with E-state index in [1.54, 1.807) is 0 Å². The smallest absolute Gasteiger partial charge is 0.356 e. The van der Waals surface area contributed by atoms with Crippen LogP contribution in [0.4, 0.5) is 5.13 Å². The van der Waals surface area contributed by atoms with Crippen LogP contribution < -0.4 is 4.90 Å². The maximum atomic E-state index is 11.4. The number of carboxylic acids is 1. The number of nitrogens with zero attached hydrogens (tertiary/aromatic N) is 2. The number of carboxylic acid groups (broad SMARTS) is 1. The Hall–Kier alpha value is -1.08. The molecule has 1 aliphatic heterocycles. The zero-order valence-corrected chi connectivity index (χ0v) is 10.9. The molecule has 17 heavy (non-hydrogen) atoms. The van der Waals surface area contributed by atoms with Gasteiger partial charge in [0, 0.05) is 31.5 Å². The first-order valence-corrected chi connectivity index (χ1v) is 7.14. The van der Waals surface area contributed by atoms with E-state index < -0.39 is 5.97 Å². The highest BCUT2D eigenvalue weighted by Gasteiger charge is 2.23. The van der Waals surface area contributed by atoms with Crippen molar-refractivity contribution in [3.8, 4) is 0 Å². The van der Waals surface area contributed by atoms with Crippen molar-refractivity contribution in [2.24, 2.45) is 0 Å².